The smallest absolute Gasteiger partial charge is 0.252 e. The van der Waals surface area contributed by atoms with Gasteiger partial charge >= 0.3 is 0 Å². The maximum atomic E-state index is 12.6. The molecule has 9 heteroatoms. The lowest BCUT2D eigenvalue weighted by Gasteiger charge is -2.33. The Hall–Kier alpha value is -0.340. The summed E-state index contributed by atoms with van der Waals surface area (Å²) >= 11 is 12.9. The second-order valence-corrected chi connectivity index (χ2v) is 9.68. The Balaban J connectivity index is 0.00000208. The van der Waals surface area contributed by atoms with E-state index in [9.17, 15) is 8.42 Å². The molecule has 1 aliphatic heterocycles. The highest BCUT2D eigenvalue weighted by molar-refractivity contribution is 7.91. The minimum atomic E-state index is -3.42. The quantitative estimate of drug-likeness (QED) is 0.717. The molecular weight excluding hydrogens is 411 g/mol. The van der Waals surface area contributed by atoms with Gasteiger partial charge in [-0.1, -0.05) is 35.3 Å². The van der Waals surface area contributed by atoms with Crippen molar-refractivity contribution in [2.75, 3.05) is 26.2 Å². The van der Waals surface area contributed by atoms with Crippen molar-refractivity contribution in [1.29, 1.82) is 0 Å². The van der Waals surface area contributed by atoms with Gasteiger partial charge in [0.25, 0.3) is 10.0 Å². The van der Waals surface area contributed by atoms with Gasteiger partial charge in [0.15, 0.2) is 0 Å². The first-order valence-corrected chi connectivity index (χ1v) is 10.2. The fraction of sp³-hybridized carbons (Fsp3) is 0.333. The summed E-state index contributed by atoms with van der Waals surface area (Å²) in [4.78, 5) is 2.24. The third-order valence-corrected chi connectivity index (χ3v) is 7.60. The van der Waals surface area contributed by atoms with Crippen LogP contribution >= 0.6 is 34.5 Å². The van der Waals surface area contributed by atoms with Crippen LogP contribution < -0.4 is 12.4 Å². The first-order chi connectivity index (χ1) is 10.9. The molecule has 0 unspecified atom stereocenters. The average Bonchev–Trinajstić information content (AvgIpc) is 2.95. The van der Waals surface area contributed by atoms with Gasteiger partial charge in [0.1, 0.15) is 4.21 Å². The SMILES string of the molecule is O=S(=O)(c1ccc(Cl)s1)N1CCN(Cc2cccc(Cl)c2)CC1.[Cl-]. The molecule has 3 rings (SSSR count). The molecule has 0 aliphatic carbocycles. The van der Waals surface area contributed by atoms with Crippen LogP contribution in [0.5, 0.6) is 0 Å². The van der Waals surface area contributed by atoms with Crippen LogP contribution in [0.3, 0.4) is 0 Å². The molecule has 24 heavy (non-hydrogen) atoms. The number of thiophene rings is 1. The highest BCUT2D eigenvalue weighted by Crippen LogP contribution is 2.28. The lowest BCUT2D eigenvalue weighted by molar-refractivity contribution is -0.00000710. The number of sulfonamides is 1. The first-order valence-electron chi connectivity index (χ1n) is 7.17. The lowest BCUT2D eigenvalue weighted by Crippen LogP contribution is -3.00. The van der Waals surface area contributed by atoms with Crippen LogP contribution in [-0.4, -0.2) is 43.8 Å². The van der Waals surface area contributed by atoms with Crippen LogP contribution in [0, 0.1) is 0 Å². The molecular formula is C15H16Cl3N2O2S2-. The number of piperazine rings is 1. The van der Waals surface area contributed by atoms with E-state index < -0.39 is 10.0 Å². The zero-order chi connectivity index (χ0) is 16.4. The molecule has 0 bridgehead atoms. The molecule has 1 aliphatic rings. The van der Waals surface area contributed by atoms with Gasteiger partial charge in [-0.2, -0.15) is 4.31 Å². The zero-order valence-electron chi connectivity index (χ0n) is 12.7. The summed E-state index contributed by atoms with van der Waals surface area (Å²) in [6.45, 7) is 3.14. The Kier molecular flexibility index (Phi) is 6.96. The number of benzene rings is 1. The number of hydrogen-bond donors (Lipinski definition) is 0. The van der Waals surface area contributed by atoms with Crippen LogP contribution in [0.15, 0.2) is 40.6 Å². The summed E-state index contributed by atoms with van der Waals surface area (Å²) in [6.07, 6.45) is 0. The molecule has 0 saturated carbocycles. The lowest BCUT2D eigenvalue weighted by atomic mass is 10.2. The minimum Gasteiger partial charge on any atom is -1.00 e. The summed E-state index contributed by atoms with van der Waals surface area (Å²) in [6, 6.07) is 10.9. The molecule has 0 radical (unpaired) electrons. The van der Waals surface area contributed by atoms with E-state index in [-0.39, 0.29) is 12.4 Å². The normalized spacial score (nSPS) is 16.8. The summed E-state index contributed by atoms with van der Waals surface area (Å²) in [7, 11) is -3.42. The average molecular weight is 427 g/mol. The Labute approximate surface area is 162 Å². The van der Waals surface area contributed by atoms with Gasteiger partial charge in [0.2, 0.25) is 0 Å². The monoisotopic (exact) mass is 425 g/mol. The number of nitrogens with zero attached hydrogens (tertiary/aromatic N) is 2. The van der Waals surface area contributed by atoms with Crippen molar-refractivity contribution in [2.45, 2.75) is 10.8 Å². The summed E-state index contributed by atoms with van der Waals surface area (Å²) in [5.74, 6) is 0. The molecule has 2 heterocycles. The number of halogens is 3. The van der Waals surface area contributed by atoms with E-state index in [2.05, 4.69) is 4.90 Å². The first kappa shape index (κ1) is 20.0. The molecule has 1 aromatic carbocycles. The van der Waals surface area contributed by atoms with E-state index in [1.807, 2.05) is 24.3 Å². The molecule has 0 N–H and O–H groups in total. The molecule has 1 fully saturated rings. The molecule has 1 saturated heterocycles. The molecule has 1 aromatic heterocycles. The highest BCUT2D eigenvalue weighted by Gasteiger charge is 2.29. The van der Waals surface area contributed by atoms with Crippen molar-refractivity contribution in [3.63, 3.8) is 0 Å². The van der Waals surface area contributed by atoms with E-state index >= 15 is 0 Å². The van der Waals surface area contributed by atoms with Crippen molar-refractivity contribution >= 4 is 44.6 Å². The van der Waals surface area contributed by atoms with E-state index in [1.165, 1.54) is 4.31 Å². The van der Waals surface area contributed by atoms with E-state index in [4.69, 9.17) is 23.2 Å². The highest BCUT2D eigenvalue weighted by atomic mass is 35.5. The second-order valence-electron chi connectivity index (χ2n) is 5.37. The van der Waals surface area contributed by atoms with Gasteiger partial charge in [0.05, 0.1) is 4.34 Å². The maximum Gasteiger partial charge on any atom is 0.252 e. The number of rotatable bonds is 4. The third kappa shape index (κ3) is 4.64. The zero-order valence-corrected chi connectivity index (χ0v) is 16.6. The van der Waals surface area contributed by atoms with E-state index in [0.717, 1.165) is 28.5 Å². The molecule has 4 nitrogen and oxygen atoms in total. The van der Waals surface area contributed by atoms with Crippen LogP contribution in [0.2, 0.25) is 9.36 Å². The van der Waals surface area contributed by atoms with Crippen LogP contribution in [0.25, 0.3) is 0 Å². The molecule has 0 amide bonds. The third-order valence-electron chi connectivity index (χ3n) is 3.77. The van der Waals surface area contributed by atoms with Crippen LogP contribution in [0.4, 0.5) is 0 Å². The Morgan fingerprint density at radius 1 is 1.04 bits per heavy atom. The molecule has 0 spiro atoms. The largest absolute Gasteiger partial charge is 1.00 e. The Morgan fingerprint density at radius 3 is 2.33 bits per heavy atom. The van der Waals surface area contributed by atoms with Crippen molar-refractivity contribution in [1.82, 2.24) is 9.21 Å². The van der Waals surface area contributed by atoms with Crippen LogP contribution in [0.1, 0.15) is 5.56 Å². The van der Waals surface area contributed by atoms with Crippen molar-refractivity contribution in [3.05, 3.63) is 51.3 Å². The topological polar surface area (TPSA) is 40.6 Å². The number of hydrogen-bond acceptors (Lipinski definition) is 4. The molecule has 0 atom stereocenters. The van der Waals surface area contributed by atoms with Gasteiger partial charge in [0, 0.05) is 37.7 Å². The molecule has 2 aromatic rings. The summed E-state index contributed by atoms with van der Waals surface area (Å²) in [5, 5.41) is 0.721. The van der Waals surface area contributed by atoms with Gasteiger partial charge < -0.3 is 12.4 Å². The van der Waals surface area contributed by atoms with Crippen LogP contribution in [-0.2, 0) is 16.6 Å². The minimum absolute atomic E-state index is 0. The fourth-order valence-electron chi connectivity index (χ4n) is 2.59. The van der Waals surface area contributed by atoms with E-state index in [1.54, 1.807) is 12.1 Å². The Bertz CT molecular complexity index is 788. The fourth-order valence-corrected chi connectivity index (χ4v) is 5.86. The Morgan fingerprint density at radius 2 is 1.75 bits per heavy atom. The van der Waals surface area contributed by atoms with E-state index in [0.29, 0.717) is 34.7 Å². The van der Waals surface area contributed by atoms with Crippen molar-refractivity contribution < 1.29 is 20.8 Å². The van der Waals surface area contributed by atoms with Crippen molar-refractivity contribution in [3.8, 4) is 0 Å². The maximum absolute atomic E-state index is 12.6. The van der Waals surface area contributed by atoms with Crippen molar-refractivity contribution in [2.24, 2.45) is 0 Å². The molecule has 132 valence electrons. The predicted molar refractivity (Wildman–Crippen MR) is 94.8 cm³/mol. The van der Waals surface area contributed by atoms with Gasteiger partial charge in [-0.3, -0.25) is 4.90 Å². The summed E-state index contributed by atoms with van der Waals surface area (Å²) in [5.41, 5.74) is 1.14. The van der Waals surface area contributed by atoms with Gasteiger partial charge in [-0.15, -0.1) is 11.3 Å². The second kappa shape index (κ2) is 8.36. The van der Waals surface area contributed by atoms with Gasteiger partial charge in [-0.05, 0) is 29.8 Å². The summed E-state index contributed by atoms with van der Waals surface area (Å²) < 4.78 is 27.4. The van der Waals surface area contributed by atoms with Gasteiger partial charge in [-0.25, -0.2) is 8.42 Å². The predicted octanol–water partition coefficient (Wildman–Crippen LogP) is 0.565. The standard InChI is InChI=1S/C15H16Cl2N2O2S2.ClH/c16-13-3-1-2-12(10-13)11-18-6-8-19(9-7-18)23(20,21)15-5-4-14(17)22-15;/h1-5,10H,6-9,11H2;1H/p-1.